The first kappa shape index (κ1) is 22.4. The minimum atomic E-state index is -1.21. The topological polar surface area (TPSA) is 103 Å². The van der Waals surface area contributed by atoms with Crippen LogP contribution >= 0.6 is 11.8 Å². The van der Waals surface area contributed by atoms with Crippen molar-refractivity contribution in [2.45, 2.75) is 5.50 Å². The second kappa shape index (κ2) is 9.44. The molecule has 174 valence electrons. The molecule has 4 aromatic rings. The smallest absolute Gasteiger partial charge is 0.339 e. The van der Waals surface area contributed by atoms with Gasteiger partial charge in [0.15, 0.2) is 5.50 Å². The number of carboxylic acids is 1. The van der Waals surface area contributed by atoms with Crippen LogP contribution < -0.4 is 10.2 Å². The number of para-hydroxylation sites is 2. The van der Waals surface area contributed by atoms with Gasteiger partial charge in [-0.3, -0.25) is 9.69 Å². The molecule has 1 aliphatic heterocycles. The fraction of sp³-hybridized carbons (Fsp3) is 0.0370. The highest BCUT2D eigenvalue weighted by molar-refractivity contribution is 8.05. The van der Waals surface area contributed by atoms with Crippen molar-refractivity contribution in [3.8, 4) is 17.1 Å². The second-order valence-corrected chi connectivity index (χ2v) is 8.86. The number of hydrogen-bond acceptors (Lipinski definition) is 6. The van der Waals surface area contributed by atoms with Crippen molar-refractivity contribution >= 4 is 41.1 Å². The summed E-state index contributed by atoms with van der Waals surface area (Å²) in [7, 11) is 0. The molecule has 7 nitrogen and oxygen atoms in total. The normalized spacial score (nSPS) is 16.6. The van der Waals surface area contributed by atoms with Gasteiger partial charge < -0.3 is 19.9 Å². The molecule has 35 heavy (non-hydrogen) atoms. The van der Waals surface area contributed by atoms with Crippen LogP contribution in [0.1, 0.15) is 16.1 Å². The third-order valence-corrected chi connectivity index (χ3v) is 6.51. The molecule has 1 amide bonds. The van der Waals surface area contributed by atoms with Crippen LogP contribution in [0.2, 0.25) is 0 Å². The molecular formula is C27H20N2O5S. The number of benzene rings is 3. The van der Waals surface area contributed by atoms with E-state index in [-0.39, 0.29) is 22.7 Å². The number of phenols is 1. The van der Waals surface area contributed by atoms with E-state index in [0.29, 0.717) is 22.0 Å². The van der Waals surface area contributed by atoms with Crippen LogP contribution in [-0.2, 0) is 4.79 Å². The summed E-state index contributed by atoms with van der Waals surface area (Å²) in [6, 6.07) is 26.8. The quantitative estimate of drug-likeness (QED) is 0.294. The number of nitrogens with one attached hydrogen (secondary N) is 1. The number of carbonyl (C=O) groups excluding carboxylic acids is 1. The molecule has 0 bridgehead atoms. The van der Waals surface area contributed by atoms with Gasteiger partial charge in [-0.15, -0.1) is 0 Å². The predicted molar refractivity (Wildman–Crippen MR) is 136 cm³/mol. The Kier molecular flexibility index (Phi) is 6.03. The summed E-state index contributed by atoms with van der Waals surface area (Å²) in [5, 5.41) is 22.5. The maximum atomic E-state index is 13.4. The van der Waals surface area contributed by atoms with Gasteiger partial charge in [0.05, 0.1) is 4.91 Å². The lowest BCUT2D eigenvalue weighted by Crippen LogP contribution is -2.37. The van der Waals surface area contributed by atoms with Gasteiger partial charge in [-0.1, -0.05) is 54.2 Å². The number of carbonyl (C=O) groups is 2. The zero-order valence-electron chi connectivity index (χ0n) is 18.3. The van der Waals surface area contributed by atoms with E-state index in [0.717, 1.165) is 11.4 Å². The highest BCUT2D eigenvalue weighted by atomic mass is 32.2. The van der Waals surface area contributed by atoms with Gasteiger partial charge in [-0.25, -0.2) is 4.79 Å². The van der Waals surface area contributed by atoms with Crippen LogP contribution in [0, 0.1) is 0 Å². The van der Waals surface area contributed by atoms with Crippen LogP contribution in [0.4, 0.5) is 11.4 Å². The SMILES string of the molecule is O=C(O)c1ccc(-c2ccc(/C=C3/SC(Nc4ccccc4)N(c4ccccc4)C3=O)o2)cc1O. The van der Waals surface area contributed by atoms with E-state index in [1.807, 2.05) is 60.7 Å². The number of thioether (sulfide) groups is 1. The fourth-order valence-corrected chi connectivity index (χ4v) is 4.88. The number of carboxylic acid groups (broad SMARTS) is 1. The van der Waals surface area contributed by atoms with E-state index in [9.17, 15) is 14.7 Å². The monoisotopic (exact) mass is 484 g/mol. The average molecular weight is 485 g/mol. The molecule has 0 spiro atoms. The number of hydrogen-bond donors (Lipinski definition) is 3. The molecule has 2 heterocycles. The largest absolute Gasteiger partial charge is 0.507 e. The van der Waals surface area contributed by atoms with Gasteiger partial charge in [0.25, 0.3) is 5.91 Å². The van der Waals surface area contributed by atoms with Crippen molar-refractivity contribution < 1.29 is 24.2 Å². The number of aromatic hydroxyl groups is 1. The van der Waals surface area contributed by atoms with Crippen molar-refractivity contribution in [3.63, 3.8) is 0 Å². The first-order valence-corrected chi connectivity index (χ1v) is 11.6. The average Bonchev–Trinajstić information content (AvgIpc) is 3.44. The van der Waals surface area contributed by atoms with Gasteiger partial charge in [0, 0.05) is 23.0 Å². The predicted octanol–water partition coefficient (Wildman–Crippen LogP) is 5.87. The zero-order valence-corrected chi connectivity index (χ0v) is 19.1. The summed E-state index contributed by atoms with van der Waals surface area (Å²) in [6.45, 7) is 0. The van der Waals surface area contributed by atoms with E-state index >= 15 is 0 Å². The Hall–Kier alpha value is -4.43. The molecule has 1 fully saturated rings. The lowest BCUT2D eigenvalue weighted by atomic mass is 10.1. The molecule has 1 unspecified atom stereocenters. The minimum absolute atomic E-state index is 0.156. The molecule has 0 saturated carbocycles. The molecule has 1 aromatic heterocycles. The van der Waals surface area contributed by atoms with Gasteiger partial charge in [0.1, 0.15) is 22.8 Å². The molecule has 3 N–H and O–H groups in total. The minimum Gasteiger partial charge on any atom is -0.507 e. The van der Waals surface area contributed by atoms with Gasteiger partial charge in [-0.2, -0.15) is 0 Å². The lowest BCUT2D eigenvalue weighted by molar-refractivity contribution is -0.114. The van der Waals surface area contributed by atoms with Crippen LogP contribution in [0.3, 0.4) is 0 Å². The summed E-state index contributed by atoms with van der Waals surface area (Å²) < 4.78 is 5.89. The number of amides is 1. The van der Waals surface area contributed by atoms with E-state index in [1.165, 1.54) is 23.9 Å². The fourth-order valence-electron chi connectivity index (χ4n) is 3.74. The Morgan fingerprint density at radius 3 is 2.37 bits per heavy atom. The Balaban J connectivity index is 1.44. The molecule has 0 aliphatic carbocycles. The summed E-state index contributed by atoms with van der Waals surface area (Å²) >= 11 is 1.39. The maximum Gasteiger partial charge on any atom is 0.339 e. The maximum absolute atomic E-state index is 13.4. The summed E-state index contributed by atoms with van der Waals surface area (Å²) in [5.74, 6) is -0.807. The van der Waals surface area contributed by atoms with E-state index in [1.54, 1.807) is 29.2 Å². The highest BCUT2D eigenvalue weighted by Gasteiger charge is 2.37. The molecule has 5 rings (SSSR count). The number of furan rings is 1. The Morgan fingerprint density at radius 2 is 1.69 bits per heavy atom. The summed E-state index contributed by atoms with van der Waals surface area (Å²) in [6.07, 6.45) is 1.69. The molecule has 1 saturated heterocycles. The second-order valence-electron chi connectivity index (χ2n) is 7.74. The molecule has 8 heteroatoms. The summed E-state index contributed by atoms with van der Waals surface area (Å²) in [4.78, 5) is 26.7. The van der Waals surface area contributed by atoms with Gasteiger partial charge in [0.2, 0.25) is 0 Å². The van der Waals surface area contributed by atoms with Gasteiger partial charge in [-0.05, 0) is 48.5 Å². The van der Waals surface area contributed by atoms with E-state index in [4.69, 9.17) is 9.52 Å². The van der Waals surface area contributed by atoms with Crippen LogP contribution in [0.25, 0.3) is 17.4 Å². The van der Waals surface area contributed by atoms with E-state index < -0.39 is 5.97 Å². The van der Waals surface area contributed by atoms with Gasteiger partial charge >= 0.3 is 5.97 Å². The van der Waals surface area contributed by atoms with Crippen molar-refractivity contribution in [3.05, 3.63) is 107 Å². The first-order chi connectivity index (χ1) is 17.0. The third kappa shape index (κ3) is 4.64. The first-order valence-electron chi connectivity index (χ1n) is 10.7. The lowest BCUT2D eigenvalue weighted by Gasteiger charge is -2.24. The summed E-state index contributed by atoms with van der Waals surface area (Å²) in [5.41, 5.74) is 1.65. The highest BCUT2D eigenvalue weighted by Crippen LogP contribution is 2.40. The molecular weight excluding hydrogens is 464 g/mol. The Labute approximate surface area is 205 Å². The molecule has 1 aliphatic rings. The third-order valence-electron chi connectivity index (χ3n) is 5.41. The van der Waals surface area contributed by atoms with Crippen molar-refractivity contribution in [2.24, 2.45) is 0 Å². The van der Waals surface area contributed by atoms with Crippen LogP contribution in [-0.4, -0.2) is 27.6 Å². The Morgan fingerprint density at radius 1 is 0.971 bits per heavy atom. The molecule has 3 aromatic carbocycles. The number of rotatable bonds is 6. The van der Waals surface area contributed by atoms with Crippen molar-refractivity contribution in [1.29, 1.82) is 0 Å². The Bertz CT molecular complexity index is 1420. The zero-order chi connectivity index (χ0) is 24.4. The van der Waals surface area contributed by atoms with Crippen molar-refractivity contribution in [2.75, 3.05) is 10.2 Å². The van der Waals surface area contributed by atoms with Crippen LogP contribution in [0.15, 0.2) is 100 Å². The molecule has 1 atom stereocenters. The standard InChI is InChI=1S/C27H20N2O5S/c30-22-15-17(11-13-21(22)26(32)33)23-14-12-20(34-23)16-24-25(31)29(19-9-5-2-6-10-19)27(35-24)28-18-7-3-1-4-8-18/h1-16,27-28,30H,(H,32,33)/b24-16+. The number of aromatic carboxylic acids is 1. The number of anilines is 2. The van der Waals surface area contributed by atoms with E-state index in [2.05, 4.69) is 5.32 Å². The number of nitrogens with zero attached hydrogens (tertiary/aromatic N) is 1. The van der Waals surface area contributed by atoms with Crippen LogP contribution in [0.5, 0.6) is 5.75 Å². The van der Waals surface area contributed by atoms with Crippen molar-refractivity contribution in [1.82, 2.24) is 0 Å². The molecule has 0 radical (unpaired) electrons.